The van der Waals surface area contributed by atoms with Crippen molar-refractivity contribution in [3.63, 3.8) is 0 Å². The van der Waals surface area contributed by atoms with E-state index in [9.17, 15) is 4.39 Å². The molecular formula is C16H18FNO2. The van der Waals surface area contributed by atoms with Crippen LogP contribution in [-0.2, 0) is 13.0 Å². The first-order valence-electron chi connectivity index (χ1n) is 6.47. The normalized spacial score (nSPS) is 10.3. The van der Waals surface area contributed by atoms with Gasteiger partial charge in [-0.15, -0.1) is 0 Å². The van der Waals surface area contributed by atoms with Crippen molar-refractivity contribution in [3.05, 3.63) is 59.4 Å². The van der Waals surface area contributed by atoms with Gasteiger partial charge in [0, 0.05) is 5.56 Å². The number of para-hydroxylation sites is 1. The maximum atomic E-state index is 13.5. The monoisotopic (exact) mass is 275 g/mol. The number of benzene rings is 2. The molecule has 0 atom stereocenters. The predicted molar refractivity (Wildman–Crippen MR) is 76.5 cm³/mol. The largest absolute Gasteiger partial charge is 0.496 e. The fourth-order valence-corrected chi connectivity index (χ4v) is 1.98. The molecule has 0 aliphatic carbocycles. The highest BCUT2D eigenvalue weighted by atomic mass is 19.1. The molecule has 0 saturated heterocycles. The van der Waals surface area contributed by atoms with E-state index in [0.29, 0.717) is 6.54 Å². The molecule has 0 aliphatic rings. The average Bonchev–Trinajstić information content (AvgIpc) is 2.47. The second kappa shape index (κ2) is 6.91. The van der Waals surface area contributed by atoms with Gasteiger partial charge >= 0.3 is 0 Å². The summed E-state index contributed by atoms with van der Waals surface area (Å²) in [6.45, 7) is 0.836. The Morgan fingerprint density at radius 1 is 1.10 bits per heavy atom. The Kier molecular flexibility index (Phi) is 4.96. The number of methoxy groups -OCH3 is 1. The zero-order chi connectivity index (χ0) is 14.4. The minimum absolute atomic E-state index is 0.235. The van der Waals surface area contributed by atoms with Crippen LogP contribution in [0.25, 0.3) is 0 Å². The van der Waals surface area contributed by atoms with Gasteiger partial charge < -0.3 is 15.2 Å². The Bertz CT molecular complexity index is 572. The smallest absolute Gasteiger partial charge is 0.165 e. The van der Waals surface area contributed by atoms with Crippen molar-refractivity contribution in [2.45, 2.75) is 13.0 Å². The number of ether oxygens (including phenoxy) is 2. The first kappa shape index (κ1) is 14.3. The fraction of sp³-hybridized carbons (Fsp3) is 0.250. The summed E-state index contributed by atoms with van der Waals surface area (Å²) in [4.78, 5) is 0. The number of halogens is 1. The van der Waals surface area contributed by atoms with Crippen LogP contribution in [0.15, 0.2) is 42.5 Å². The molecule has 0 aromatic heterocycles. The van der Waals surface area contributed by atoms with Crippen molar-refractivity contribution in [3.8, 4) is 11.5 Å². The third-order valence-corrected chi connectivity index (χ3v) is 3.00. The highest BCUT2D eigenvalue weighted by Gasteiger charge is 2.07. The summed E-state index contributed by atoms with van der Waals surface area (Å²) < 4.78 is 24.3. The van der Waals surface area contributed by atoms with Crippen molar-refractivity contribution < 1.29 is 13.9 Å². The van der Waals surface area contributed by atoms with Gasteiger partial charge in [-0.05, 0) is 42.8 Å². The summed E-state index contributed by atoms with van der Waals surface area (Å²) in [6, 6.07) is 12.2. The van der Waals surface area contributed by atoms with Gasteiger partial charge in [0.15, 0.2) is 11.6 Å². The second-order valence-electron chi connectivity index (χ2n) is 4.40. The molecule has 0 heterocycles. The lowest BCUT2D eigenvalue weighted by Gasteiger charge is -2.12. The second-order valence-corrected chi connectivity index (χ2v) is 4.40. The molecule has 0 spiro atoms. The van der Waals surface area contributed by atoms with Crippen molar-refractivity contribution in [2.24, 2.45) is 5.73 Å². The van der Waals surface area contributed by atoms with Gasteiger partial charge in [0.1, 0.15) is 12.4 Å². The number of hydrogen-bond donors (Lipinski definition) is 1. The van der Waals surface area contributed by atoms with Gasteiger partial charge in [-0.2, -0.15) is 0 Å². The van der Waals surface area contributed by atoms with Gasteiger partial charge in [0.05, 0.1) is 7.11 Å². The lowest BCUT2D eigenvalue weighted by atomic mass is 10.1. The molecule has 2 rings (SSSR count). The summed E-state index contributed by atoms with van der Waals surface area (Å²) in [7, 11) is 1.60. The molecule has 2 aromatic carbocycles. The van der Waals surface area contributed by atoms with E-state index in [2.05, 4.69) is 0 Å². The lowest BCUT2D eigenvalue weighted by Crippen LogP contribution is -2.05. The number of rotatable bonds is 6. The molecule has 0 fully saturated rings. The standard InChI is InChI=1S/C16H18FNO2/c1-19-15-7-6-12(8-9-18)10-13(15)11-20-16-5-3-2-4-14(16)17/h2-7,10H,8-9,11,18H2,1H3. The van der Waals surface area contributed by atoms with Crippen molar-refractivity contribution in [1.29, 1.82) is 0 Å². The van der Waals surface area contributed by atoms with E-state index < -0.39 is 0 Å². The zero-order valence-electron chi connectivity index (χ0n) is 11.4. The van der Waals surface area contributed by atoms with Gasteiger partial charge in [-0.1, -0.05) is 18.2 Å². The summed E-state index contributed by atoms with van der Waals surface area (Å²) in [5.74, 6) is 0.588. The van der Waals surface area contributed by atoms with Gasteiger partial charge in [0.25, 0.3) is 0 Å². The van der Waals surface area contributed by atoms with E-state index in [-0.39, 0.29) is 18.2 Å². The van der Waals surface area contributed by atoms with Crippen LogP contribution in [0.4, 0.5) is 4.39 Å². The summed E-state index contributed by atoms with van der Waals surface area (Å²) in [5.41, 5.74) is 7.54. The molecular weight excluding hydrogens is 257 g/mol. The van der Waals surface area contributed by atoms with Gasteiger partial charge in [-0.25, -0.2) is 4.39 Å². The minimum Gasteiger partial charge on any atom is -0.496 e. The summed E-state index contributed by atoms with van der Waals surface area (Å²) in [5, 5.41) is 0. The van der Waals surface area contributed by atoms with E-state index in [0.717, 1.165) is 23.3 Å². The fourth-order valence-electron chi connectivity index (χ4n) is 1.98. The summed E-state index contributed by atoms with van der Waals surface area (Å²) in [6.07, 6.45) is 0.788. The Morgan fingerprint density at radius 3 is 2.60 bits per heavy atom. The Balaban J connectivity index is 2.15. The van der Waals surface area contributed by atoms with E-state index in [1.54, 1.807) is 25.3 Å². The van der Waals surface area contributed by atoms with E-state index in [1.807, 2.05) is 18.2 Å². The van der Waals surface area contributed by atoms with E-state index >= 15 is 0 Å². The first-order valence-corrected chi connectivity index (χ1v) is 6.47. The van der Waals surface area contributed by atoms with E-state index in [1.165, 1.54) is 6.07 Å². The van der Waals surface area contributed by atoms with E-state index in [4.69, 9.17) is 15.2 Å². The van der Waals surface area contributed by atoms with Crippen LogP contribution in [0, 0.1) is 5.82 Å². The molecule has 0 amide bonds. The quantitative estimate of drug-likeness (QED) is 0.881. The third-order valence-electron chi connectivity index (χ3n) is 3.00. The van der Waals surface area contributed by atoms with Crippen molar-refractivity contribution >= 4 is 0 Å². The van der Waals surface area contributed by atoms with Crippen LogP contribution in [0.2, 0.25) is 0 Å². The Labute approximate surface area is 118 Å². The predicted octanol–water partition coefficient (Wildman–Crippen LogP) is 2.91. The highest BCUT2D eigenvalue weighted by Crippen LogP contribution is 2.23. The minimum atomic E-state index is -0.371. The SMILES string of the molecule is COc1ccc(CCN)cc1COc1ccccc1F. The molecule has 20 heavy (non-hydrogen) atoms. The van der Waals surface area contributed by atoms with Crippen LogP contribution in [0.1, 0.15) is 11.1 Å². The lowest BCUT2D eigenvalue weighted by molar-refractivity contribution is 0.282. The molecule has 4 heteroatoms. The Morgan fingerprint density at radius 2 is 1.90 bits per heavy atom. The van der Waals surface area contributed by atoms with Crippen LogP contribution >= 0.6 is 0 Å². The first-order chi connectivity index (χ1) is 9.74. The molecule has 0 saturated carbocycles. The topological polar surface area (TPSA) is 44.5 Å². The molecule has 2 N–H and O–H groups in total. The van der Waals surface area contributed by atoms with Crippen LogP contribution in [0.3, 0.4) is 0 Å². The van der Waals surface area contributed by atoms with Crippen molar-refractivity contribution in [2.75, 3.05) is 13.7 Å². The van der Waals surface area contributed by atoms with Crippen LogP contribution in [-0.4, -0.2) is 13.7 Å². The van der Waals surface area contributed by atoms with Crippen LogP contribution in [0.5, 0.6) is 11.5 Å². The Hall–Kier alpha value is -2.07. The molecule has 0 aliphatic heterocycles. The molecule has 0 radical (unpaired) electrons. The van der Waals surface area contributed by atoms with Crippen LogP contribution < -0.4 is 15.2 Å². The molecule has 2 aromatic rings. The van der Waals surface area contributed by atoms with Gasteiger partial charge in [-0.3, -0.25) is 0 Å². The number of nitrogens with two attached hydrogens (primary N) is 1. The maximum absolute atomic E-state index is 13.5. The molecule has 0 unspecified atom stereocenters. The van der Waals surface area contributed by atoms with Gasteiger partial charge in [0.2, 0.25) is 0 Å². The maximum Gasteiger partial charge on any atom is 0.165 e. The highest BCUT2D eigenvalue weighted by molar-refractivity contribution is 5.37. The molecule has 3 nitrogen and oxygen atoms in total. The number of hydrogen-bond acceptors (Lipinski definition) is 3. The third kappa shape index (κ3) is 3.48. The molecule has 106 valence electrons. The summed E-state index contributed by atoms with van der Waals surface area (Å²) >= 11 is 0. The molecule has 0 bridgehead atoms. The van der Waals surface area contributed by atoms with Crippen molar-refractivity contribution in [1.82, 2.24) is 0 Å². The zero-order valence-corrected chi connectivity index (χ0v) is 11.4. The average molecular weight is 275 g/mol.